The fraction of sp³-hybridized carbons (Fsp3) is 0.154. The molecule has 2 aromatic rings. The fourth-order valence-electron chi connectivity index (χ4n) is 1.80. The number of benzene rings is 2. The van der Waals surface area contributed by atoms with Crippen LogP contribution < -0.4 is 0 Å². The second kappa shape index (κ2) is 4.66. The van der Waals surface area contributed by atoms with Crippen molar-refractivity contribution >= 4 is 32.7 Å². The first-order valence-corrected chi connectivity index (χ1v) is 6.15. The van der Waals surface area contributed by atoms with E-state index in [4.69, 9.17) is 5.11 Å². The number of fused-ring (bicyclic) bond motifs is 1. The highest BCUT2D eigenvalue weighted by Gasteiger charge is 2.09. The molecule has 2 rings (SSSR count). The van der Waals surface area contributed by atoms with Gasteiger partial charge in [0.2, 0.25) is 0 Å². The second-order valence-corrected chi connectivity index (χ2v) is 4.40. The van der Waals surface area contributed by atoms with E-state index in [9.17, 15) is 4.79 Å². The van der Waals surface area contributed by atoms with Crippen LogP contribution in [0.1, 0.15) is 15.9 Å². The molecule has 82 valence electrons. The van der Waals surface area contributed by atoms with E-state index in [1.165, 1.54) is 0 Å². The van der Waals surface area contributed by atoms with Crippen LogP contribution in [-0.4, -0.2) is 16.4 Å². The maximum atomic E-state index is 11.2. The van der Waals surface area contributed by atoms with Gasteiger partial charge in [-0.25, -0.2) is 4.79 Å². The van der Waals surface area contributed by atoms with E-state index in [1.54, 1.807) is 6.07 Å². The van der Waals surface area contributed by atoms with Crippen LogP contribution in [0.15, 0.2) is 36.4 Å². The molecule has 0 amide bonds. The molecular weight excluding hydrogens is 268 g/mol. The van der Waals surface area contributed by atoms with Crippen molar-refractivity contribution in [2.24, 2.45) is 0 Å². The highest BCUT2D eigenvalue weighted by atomic mass is 79.9. The number of alkyl halides is 1. The predicted octanol–water partition coefficient (Wildman–Crippen LogP) is 3.48. The van der Waals surface area contributed by atoms with Gasteiger partial charge in [0.05, 0.1) is 5.56 Å². The lowest BCUT2D eigenvalue weighted by molar-refractivity contribution is 0.0699. The predicted molar refractivity (Wildman–Crippen MR) is 68.4 cm³/mol. The highest BCUT2D eigenvalue weighted by molar-refractivity contribution is 9.09. The SMILES string of the molecule is O=C(O)c1cc(CCBr)cc2ccccc12. The summed E-state index contributed by atoms with van der Waals surface area (Å²) >= 11 is 3.36. The maximum absolute atomic E-state index is 11.2. The van der Waals surface area contributed by atoms with E-state index < -0.39 is 5.97 Å². The molecule has 0 atom stereocenters. The Labute approximate surface area is 102 Å². The summed E-state index contributed by atoms with van der Waals surface area (Å²) in [4.78, 5) is 11.2. The zero-order chi connectivity index (χ0) is 11.5. The zero-order valence-corrected chi connectivity index (χ0v) is 10.2. The van der Waals surface area contributed by atoms with Crippen LogP contribution in [0.5, 0.6) is 0 Å². The second-order valence-electron chi connectivity index (χ2n) is 3.61. The largest absolute Gasteiger partial charge is 0.478 e. The van der Waals surface area contributed by atoms with E-state index in [2.05, 4.69) is 15.9 Å². The lowest BCUT2D eigenvalue weighted by Gasteiger charge is -2.06. The van der Waals surface area contributed by atoms with E-state index in [1.807, 2.05) is 30.3 Å². The molecule has 2 aromatic carbocycles. The fourth-order valence-corrected chi connectivity index (χ4v) is 2.26. The number of aryl methyl sites for hydroxylation is 1. The summed E-state index contributed by atoms with van der Waals surface area (Å²) in [5.74, 6) is -0.868. The highest BCUT2D eigenvalue weighted by Crippen LogP contribution is 2.21. The minimum absolute atomic E-state index is 0.383. The van der Waals surface area contributed by atoms with Gasteiger partial charge in [0.1, 0.15) is 0 Å². The number of hydrogen-bond acceptors (Lipinski definition) is 1. The van der Waals surface area contributed by atoms with Crippen molar-refractivity contribution in [3.8, 4) is 0 Å². The van der Waals surface area contributed by atoms with E-state index in [0.717, 1.165) is 28.1 Å². The Bertz CT molecular complexity index is 534. The third-order valence-electron chi connectivity index (χ3n) is 2.54. The summed E-state index contributed by atoms with van der Waals surface area (Å²) in [6.07, 6.45) is 0.838. The maximum Gasteiger partial charge on any atom is 0.336 e. The Morgan fingerprint density at radius 2 is 2.00 bits per heavy atom. The molecule has 2 nitrogen and oxygen atoms in total. The van der Waals surface area contributed by atoms with E-state index in [-0.39, 0.29) is 0 Å². The summed E-state index contributed by atoms with van der Waals surface area (Å²) in [5.41, 5.74) is 1.43. The quantitative estimate of drug-likeness (QED) is 0.873. The van der Waals surface area contributed by atoms with Gasteiger partial charge in [-0.3, -0.25) is 0 Å². The van der Waals surface area contributed by atoms with Gasteiger partial charge in [-0.2, -0.15) is 0 Å². The number of carboxylic acid groups (broad SMARTS) is 1. The molecule has 0 radical (unpaired) electrons. The van der Waals surface area contributed by atoms with Gasteiger partial charge < -0.3 is 5.11 Å². The minimum Gasteiger partial charge on any atom is -0.478 e. The average Bonchev–Trinajstić information content (AvgIpc) is 2.28. The molecular formula is C13H11BrO2. The molecule has 0 aliphatic carbocycles. The third kappa shape index (κ3) is 2.09. The molecule has 0 spiro atoms. The van der Waals surface area contributed by atoms with Crippen molar-refractivity contribution < 1.29 is 9.90 Å². The monoisotopic (exact) mass is 278 g/mol. The van der Waals surface area contributed by atoms with Crippen molar-refractivity contribution in [2.75, 3.05) is 5.33 Å². The summed E-state index contributed by atoms with van der Waals surface area (Å²) in [5, 5.41) is 11.8. The molecule has 0 aliphatic rings. The summed E-state index contributed by atoms with van der Waals surface area (Å²) < 4.78 is 0. The summed E-state index contributed by atoms with van der Waals surface area (Å²) in [6.45, 7) is 0. The summed E-state index contributed by atoms with van der Waals surface area (Å²) in [7, 11) is 0. The number of hydrogen-bond donors (Lipinski definition) is 1. The Morgan fingerprint density at radius 1 is 1.25 bits per heavy atom. The minimum atomic E-state index is -0.868. The number of carbonyl (C=O) groups is 1. The molecule has 0 saturated carbocycles. The van der Waals surface area contributed by atoms with Crippen LogP contribution in [0.25, 0.3) is 10.8 Å². The van der Waals surface area contributed by atoms with Gasteiger partial charge in [0.15, 0.2) is 0 Å². The van der Waals surface area contributed by atoms with Crippen LogP contribution in [0.3, 0.4) is 0 Å². The third-order valence-corrected chi connectivity index (χ3v) is 2.93. The Morgan fingerprint density at radius 3 is 2.69 bits per heavy atom. The van der Waals surface area contributed by atoms with Gasteiger partial charge in [-0.15, -0.1) is 0 Å². The molecule has 1 N–H and O–H groups in total. The summed E-state index contributed by atoms with van der Waals surface area (Å²) in [6, 6.07) is 11.4. The standard InChI is InChI=1S/C13H11BrO2/c14-6-5-9-7-10-3-1-2-4-11(10)12(8-9)13(15)16/h1-4,7-8H,5-6H2,(H,15,16). The van der Waals surface area contributed by atoms with E-state index in [0.29, 0.717) is 5.56 Å². The Hall–Kier alpha value is -1.35. The average molecular weight is 279 g/mol. The molecule has 0 unspecified atom stereocenters. The Balaban J connectivity index is 2.68. The number of aromatic carboxylic acids is 1. The van der Waals surface area contributed by atoms with Crippen molar-refractivity contribution in [3.63, 3.8) is 0 Å². The van der Waals surface area contributed by atoms with Crippen LogP contribution in [0.4, 0.5) is 0 Å². The van der Waals surface area contributed by atoms with Crippen molar-refractivity contribution in [1.29, 1.82) is 0 Å². The topological polar surface area (TPSA) is 37.3 Å². The zero-order valence-electron chi connectivity index (χ0n) is 8.61. The first-order chi connectivity index (χ1) is 7.72. The van der Waals surface area contributed by atoms with Crippen LogP contribution in [-0.2, 0) is 6.42 Å². The molecule has 3 heteroatoms. The van der Waals surface area contributed by atoms with Crippen molar-refractivity contribution in [3.05, 3.63) is 47.5 Å². The molecule has 0 aromatic heterocycles. The van der Waals surface area contributed by atoms with Crippen LogP contribution in [0.2, 0.25) is 0 Å². The molecule has 0 aliphatic heterocycles. The molecule has 0 bridgehead atoms. The molecule has 0 saturated heterocycles. The number of rotatable bonds is 3. The molecule has 0 heterocycles. The number of halogens is 1. The van der Waals surface area contributed by atoms with E-state index >= 15 is 0 Å². The van der Waals surface area contributed by atoms with Crippen molar-refractivity contribution in [1.82, 2.24) is 0 Å². The van der Waals surface area contributed by atoms with Crippen LogP contribution in [0, 0.1) is 0 Å². The van der Waals surface area contributed by atoms with Gasteiger partial charge in [-0.05, 0) is 28.8 Å². The smallest absolute Gasteiger partial charge is 0.336 e. The van der Waals surface area contributed by atoms with Gasteiger partial charge in [0, 0.05) is 5.33 Å². The lowest BCUT2D eigenvalue weighted by atomic mass is 10.00. The van der Waals surface area contributed by atoms with Crippen molar-refractivity contribution in [2.45, 2.75) is 6.42 Å². The van der Waals surface area contributed by atoms with Gasteiger partial charge in [-0.1, -0.05) is 46.3 Å². The Kier molecular flexibility index (Phi) is 3.25. The van der Waals surface area contributed by atoms with Gasteiger partial charge in [0.25, 0.3) is 0 Å². The first-order valence-electron chi connectivity index (χ1n) is 5.03. The molecule has 0 fully saturated rings. The normalized spacial score (nSPS) is 10.6. The molecule has 16 heavy (non-hydrogen) atoms. The van der Waals surface area contributed by atoms with Crippen LogP contribution >= 0.6 is 15.9 Å². The first kappa shape index (κ1) is 11.1. The lowest BCUT2D eigenvalue weighted by Crippen LogP contribution is -1.99. The number of carboxylic acids is 1. The van der Waals surface area contributed by atoms with Gasteiger partial charge >= 0.3 is 5.97 Å².